The first kappa shape index (κ1) is 13.1. The van der Waals surface area contributed by atoms with Crippen molar-refractivity contribution in [3.63, 3.8) is 0 Å². The largest absolute Gasteiger partial charge is 1.00 e. The van der Waals surface area contributed by atoms with E-state index < -0.39 is 0 Å². The topological polar surface area (TPSA) is 3.01 Å². The van der Waals surface area contributed by atoms with Crippen molar-refractivity contribution in [2.75, 3.05) is 18.6 Å². The van der Waals surface area contributed by atoms with Crippen LogP contribution in [0, 0.1) is 0 Å². The molecule has 1 rings (SSSR count). The molecule has 1 nitrogen and oxygen atoms in total. The van der Waals surface area contributed by atoms with Crippen molar-refractivity contribution in [3.05, 3.63) is 0 Å². The first-order chi connectivity index (χ1) is 5.05. The van der Waals surface area contributed by atoms with Crippen LogP contribution < -0.4 is 24.0 Å². The number of thioether (sulfide) groups is 2. The molecule has 1 aliphatic heterocycles. The fourth-order valence-corrected chi connectivity index (χ4v) is 3.45. The van der Waals surface area contributed by atoms with Gasteiger partial charge in [0.25, 0.3) is 4.38 Å². The molecule has 0 aliphatic carbocycles. The van der Waals surface area contributed by atoms with E-state index >= 15 is 0 Å². The number of hydrogen-bond donors (Lipinski definition) is 0. The Hall–Kier alpha value is 1.10. The predicted octanol–water partition coefficient (Wildman–Crippen LogP) is -0.733. The van der Waals surface area contributed by atoms with Crippen LogP contribution in [0.2, 0.25) is 0 Å². The summed E-state index contributed by atoms with van der Waals surface area (Å²) in [5.41, 5.74) is 0.307. The maximum absolute atomic E-state index is 2.49. The average molecular weight is 317 g/mol. The average Bonchev–Trinajstić information content (AvgIpc) is 2.31. The second-order valence-electron chi connectivity index (χ2n) is 3.64. The quantitative estimate of drug-likeness (QED) is 0.428. The summed E-state index contributed by atoms with van der Waals surface area (Å²) in [4.78, 5) is 0. The van der Waals surface area contributed by atoms with Crippen LogP contribution in [0.5, 0.6) is 0 Å². The third-order valence-corrected chi connectivity index (χ3v) is 4.02. The van der Waals surface area contributed by atoms with Crippen molar-refractivity contribution in [2.45, 2.75) is 26.3 Å². The molecule has 0 aromatic rings. The van der Waals surface area contributed by atoms with E-state index in [9.17, 15) is 0 Å². The van der Waals surface area contributed by atoms with Crippen molar-refractivity contribution in [2.24, 2.45) is 0 Å². The van der Waals surface area contributed by atoms with Gasteiger partial charge in [0, 0.05) is 0 Å². The summed E-state index contributed by atoms with van der Waals surface area (Å²) in [6.07, 6.45) is 2.16. The fourth-order valence-electron chi connectivity index (χ4n) is 1.17. The van der Waals surface area contributed by atoms with E-state index in [0.29, 0.717) is 5.54 Å². The lowest BCUT2D eigenvalue weighted by atomic mass is 10.1. The van der Waals surface area contributed by atoms with E-state index in [1.165, 1.54) is 16.7 Å². The number of rotatable bonds is 0. The standard InChI is InChI=1S/C8H16NS2.HI/c1-8(2,3)9-5-6-11-7(9)10-4;/h5-6H2,1-4H3;1H/q+1;/p-1. The van der Waals surface area contributed by atoms with E-state index in [1.54, 1.807) is 0 Å². The lowest BCUT2D eigenvalue weighted by Crippen LogP contribution is -3.00. The lowest BCUT2D eigenvalue weighted by molar-refractivity contribution is -0.585. The zero-order valence-electron chi connectivity index (χ0n) is 8.06. The first-order valence-corrected chi connectivity index (χ1v) is 6.08. The summed E-state index contributed by atoms with van der Waals surface area (Å²) in [6, 6.07) is 0. The van der Waals surface area contributed by atoms with Gasteiger partial charge in [-0.15, -0.1) is 0 Å². The van der Waals surface area contributed by atoms with Crippen molar-refractivity contribution < 1.29 is 28.6 Å². The highest BCUT2D eigenvalue weighted by Crippen LogP contribution is 2.24. The highest BCUT2D eigenvalue weighted by Gasteiger charge is 2.32. The molecule has 0 aromatic heterocycles. The van der Waals surface area contributed by atoms with Crippen LogP contribution in [-0.2, 0) is 0 Å². The molecule has 4 heteroatoms. The van der Waals surface area contributed by atoms with Crippen molar-refractivity contribution in [1.82, 2.24) is 0 Å². The smallest absolute Gasteiger partial charge is 0.270 e. The monoisotopic (exact) mass is 317 g/mol. The van der Waals surface area contributed by atoms with Crippen LogP contribution in [-0.4, -0.2) is 33.0 Å². The van der Waals surface area contributed by atoms with Crippen LogP contribution in [0.15, 0.2) is 0 Å². The summed E-state index contributed by atoms with van der Waals surface area (Å²) in [7, 11) is 0. The van der Waals surface area contributed by atoms with Crippen LogP contribution in [0.4, 0.5) is 0 Å². The summed E-state index contributed by atoms with van der Waals surface area (Å²) in [5.74, 6) is 1.26. The number of hydrogen-bond acceptors (Lipinski definition) is 2. The Morgan fingerprint density at radius 1 is 1.42 bits per heavy atom. The Morgan fingerprint density at radius 3 is 2.33 bits per heavy atom. The molecule has 1 heterocycles. The van der Waals surface area contributed by atoms with Crippen LogP contribution in [0.3, 0.4) is 0 Å². The molecular weight excluding hydrogens is 301 g/mol. The minimum atomic E-state index is 0. The van der Waals surface area contributed by atoms with Gasteiger partial charge in [-0.2, -0.15) is 0 Å². The molecule has 0 radical (unpaired) electrons. The second kappa shape index (κ2) is 5.10. The third kappa shape index (κ3) is 3.10. The minimum Gasteiger partial charge on any atom is -1.00 e. The van der Waals surface area contributed by atoms with Gasteiger partial charge in [-0.25, -0.2) is 4.58 Å². The Balaban J connectivity index is 0.00000121. The van der Waals surface area contributed by atoms with Crippen LogP contribution in [0.25, 0.3) is 0 Å². The van der Waals surface area contributed by atoms with Gasteiger partial charge in [-0.1, -0.05) is 11.8 Å². The summed E-state index contributed by atoms with van der Waals surface area (Å²) in [6.45, 7) is 8.03. The molecule has 0 amide bonds. The van der Waals surface area contributed by atoms with Gasteiger partial charge in [0.2, 0.25) is 0 Å². The van der Waals surface area contributed by atoms with E-state index in [0.717, 1.165) is 0 Å². The highest BCUT2D eigenvalue weighted by atomic mass is 127. The third-order valence-electron chi connectivity index (χ3n) is 1.75. The van der Waals surface area contributed by atoms with Crippen molar-refractivity contribution in [1.29, 1.82) is 0 Å². The summed E-state index contributed by atoms with van der Waals surface area (Å²) >= 11 is 3.86. The highest BCUT2D eigenvalue weighted by molar-refractivity contribution is 8.38. The molecule has 0 spiro atoms. The molecule has 0 fully saturated rings. The maximum atomic E-state index is 2.49. The minimum absolute atomic E-state index is 0. The van der Waals surface area contributed by atoms with E-state index in [1.807, 2.05) is 23.5 Å². The SMILES string of the molecule is CSC1=[N+](C(C)(C)C)CCS1.[I-]. The molecule has 0 saturated carbocycles. The normalized spacial score (nSPS) is 18.0. The lowest BCUT2D eigenvalue weighted by Gasteiger charge is -2.15. The molecule has 12 heavy (non-hydrogen) atoms. The first-order valence-electron chi connectivity index (χ1n) is 3.87. The zero-order valence-corrected chi connectivity index (χ0v) is 11.8. The van der Waals surface area contributed by atoms with Crippen LogP contribution >= 0.6 is 23.5 Å². The molecule has 1 aliphatic rings. The zero-order chi connectivity index (χ0) is 8.48. The van der Waals surface area contributed by atoms with E-state index in [4.69, 9.17) is 0 Å². The summed E-state index contributed by atoms with van der Waals surface area (Å²) in [5, 5.41) is 0. The molecule has 0 bridgehead atoms. The van der Waals surface area contributed by atoms with Crippen molar-refractivity contribution >= 4 is 27.9 Å². The maximum Gasteiger partial charge on any atom is 0.270 e. The van der Waals surface area contributed by atoms with Gasteiger partial charge in [-0.3, -0.25) is 0 Å². The Labute approximate surface area is 101 Å². The Kier molecular flexibility index (Phi) is 5.57. The molecule has 0 saturated heterocycles. The number of halogens is 1. The summed E-state index contributed by atoms with van der Waals surface area (Å²) < 4.78 is 3.97. The molecule has 72 valence electrons. The molecule has 0 aromatic carbocycles. The molecular formula is C8H16INS2. The number of nitrogens with zero attached hydrogens (tertiary/aromatic N) is 1. The van der Waals surface area contributed by atoms with Gasteiger partial charge >= 0.3 is 0 Å². The Bertz CT molecular complexity index is 184. The van der Waals surface area contributed by atoms with E-state index in [-0.39, 0.29) is 24.0 Å². The fraction of sp³-hybridized carbons (Fsp3) is 0.875. The van der Waals surface area contributed by atoms with Gasteiger partial charge in [0.15, 0.2) is 12.1 Å². The second-order valence-corrected chi connectivity index (χ2v) is 5.78. The molecule has 0 unspecified atom stereocenters. The van der Waals surface area contributed by atoms with Gasteiger partial charge in [0.05, 0.1) is 5.75 Å². The molecule has 0 N–H and O–H groups in total. The van der Waals surface area contributed by atoms with E-state index in [2.05, 4.69) is 31.6 Å². The predicted molar refractivity (Wildman–Crippen MR) is 55.9 cm³/mol. The van der Waals surface area contributed by atoms with Gasteiger partial charge in [0.1, 0.15) is 0 Å². The van der Waals surface area contributed by atoms with Crippen molar-refractivity contribution in [3.8, 4) is 0 Å². The Morgan fingerprint density at radius 2 is 2.00 bits per heavy atom. The van der Waals surface area contributed by atoms with Gasteiger partial charge in [-0.05, 0) is 38.8 Å². The molecule has 0 atom stereocenters. The van der Waals surface area contributed by atoms with Gasteiger partial charge < -0.3 is 24.0 Å². The van der Waals surface area contributed by atoms with Crippen LogP contribution in [0.1, 0.15) is 20.8 Å².